The van der Waals surface area contributed by atoms with E-state index >= 15 is 0 Å². The maximum Gasteiger partial charge on any atom is 0.254 e. The van der Waals surface area contributed by atoms with Crippen molar-refractivity contribution in [2.45, 2.75) is 6.10 Å². The molecule has 0 saturated heterocycles. The second kappa shape index (κ2) is 8.33. The molecule has 1 aromatic rings. The molecule has 0 bridgehead atoms. The highest BCUT2D eigenvalue weighted by atomic mass is 16.5. The summed E-state index contributed by atoms with van der Waals surface area (Å²) in [5.74, 6) is 5.42. The van der Waals surface area contributed by atoms with Crippen LogP contribution in [0.2, 0.25) is 0 Å². The van der Waals surface area contributed by atoms with Gasteiger partial charge in [-0.3, -0.25) is 4.79 Å². The topological polar surface area (TPSA) is 75.8 Å². The Morgan fingerprint density at radius 2 is 2.20 bits per heavy atom. The van der Waals surface area contributed by atoms with E-state index in [1.165, 1.54) is 12.0 Å². The molecule has 20 heavy (non-hydrogen) atoms. The Balaban J connectivity index is 2.86. The number of likely N-dealkylation sites (N-methyl/N-ethyl adjacent to an activating group) is 1. The van der Waals surface area contributed by atoms with E-state index < -0.39 is 6.10 Å². The predicted molar refractivity (Wildman–Crippen MR) is 77.2 cm³/mol. The number of hydrogen-bond acceptors (Lipinski definition) is 4. The lowest BCUT2D eigenvalue weighted by molar-refractivity contribution is 0.0380. The summed E-state index contributed by atoms with van der Waals surface area (Å²) in [7, 11) is 3.14. The minimum absolute atomic E-state index is 0.187. The largest absolute Gasteiger partial charge is 0.389 e. The first-order valence-corrected chi connectivity index (χ1v) is 6.30. The zero-order valence-corrected chi connectivity index (χ0v) is 11.8. The minimum Gasteiger partial charge on any atom is -0.389 e. The molecule has 1 unspecified atom stereocenters. The van der Waals surface area contributed by atoms with Gasteiger partial charge in [0.15, 0.2) is 0 Å². The third-order valence-corrected chi connectivity index (χ3v) is 2.67. The van der Waals surface area contributed by atoms with Gasteiger partial charge in [0.25, 0.3) is 5.91 Å². The van der Waals surface area contributed by atoms with Crippen molar-refractivity contribution in [1.29, 1.82) is 0 Å². The third-order valence-electron chi connectivity index (χ3n) is 2.67. The quantitative estimate of drug-likeness (QED) is 0.747. The van der Waals surface area contributed by atoms with Gasteiger partial charge in [0.05, 0.1) is 24.8 Å². The van der Waals surface area contributed by atoms with Crippen LogP contribution >= 0.6 is 0 Å². The number of methoxy groups -OCH3 is 1. The number of rotatable bonds is 5. The number of benzene rings is 1. The van der Waals surface area contributed by atoms with Gasteiger partial charge >= 0.3 is 0 Å². The van der Waals surface area contributed by atoms with E-state index in [2.05, 4.69) is 11.8 Å². The van der Waals surface area contributed by atoms with Crippen molar-refractivity contribution in [3.63, 3.8) is 0 Å². The molecule has 1 rings (SSSR count). The Bertz CT molecular complexity index is 505. The van der Waals surface area contributed by atoms with Crippen LogP contribution in [0.5, 0.6) is 0 Å². The molecule has 0 aliphatic rings. The van der Waals surface area contributed by atoms with Gasteiger partial charge < -0.3 is 20.5 Å². The van der Waals surface area contributed by atoms with Gasteiger partial charge in [-0.1, -0.05) is 24.0 Å². The normalized spacial score (nSPS) is 11.4. The summed E-state index contributed by atoms with van der Waals surface area (Å²) in [6, 6.07) is 7.08. The number of ether oxygens (including phenoxy) is 1. The number of hydrogen-bond donors (Lipinski definition) is 2. The second-order valence-corrected chi connectivity index (χ2v) is 4.35. The Morgan fingerprint density at radius 3 is 2.85 bits per heavy atom. The van der Waals surface area contributed by atoms with Crippen molar-refractivity contribution in [1.82, 2.24) is 4.90 Å². The SMILES string of the molecule is COCC(O)CN(C)C(=O)c1ccccc1C#CCN. The molecule has 0 fully saturated rings. The first-order chi connectivity index (χ1) is 9.60. The van der Waals surface area contributed by atoms with Crippen LogP contribution in [0.15, 0.2) is 24.3 Å². The molecule has 0 spiro atoms. The van der Waals surface area contributed by atoms with Crippen LogP contribution in [0.25, 0.3) is 0 Å². The Hall–Kier alpha value is -1.87. The molecule has 0 aromatic heterocycles. The third kappa shape index (κ3) is 4.67. The molecule has 1 atom stereocenters. The molecule has 3 N–H and O–H groups in total. The van der Waals surface area contributed by atoms with E-state index in [4.69, 9.17) is 10.5 Å². The highest BCUT2D eigenvalue weighted by Crippen LogP contribution is 2.10. The van der Waals surface area contributed by atoms with Crippen molar-refractivity contribution < 1.29 is 14.6 Å². The van der Waals surface area contributed by atoms with Crippen LogP contribution in [0.1, 0.15) is 15.9 Å². The summed E-state index contributed by atoms with van der Waals surface area (Å²) in [6.45, 7) is 0.627. The summed E-state index contributed by atoms with van der Waals surface area (Å²) in [5.41, 5.74) is 6.48. The number of amides is 1. The standard InChI is InChI=1S/C15H20N2O3/c1-17(10-13(18)11-20-2)15(19)14-8-4-3-6-12(14)7-5-9-16/h3-4,6,8,13,18H,9-11,16H2,1-2H3. The summed E-state index contributed by atoms with van der Waals surface area (Å²) in [6.07, 6.45) is -0.712. The van der Waals surface area contributed by atoms with Crippen LogP contribution in [-0.4, -0.2) is 55.9 Å². The average Bonchev–Trinajstić information content (AvgIpc) is 2.44. The second-order valence-electron chi connectivity index (χ2n) is 4.35. The van der Waals surface area contributed by atoms with Gasteiger partial charge in [-0.15, -0.1) is 0 Å². The van der Waals surface area contributed by atoms with E-state index in [1.54, 1.807) is 25.2 Å². The van der Waals surface area contributed by atoms with Crippen LogP contribution in [0.3, 0.4) is 0 Å². The van der Waals surface area contributed by atoms with E-state index in [0.717, 1.165) is 0 Å². The number of nitrogens with zero attached hydrogens (tertiary/aromatic N) is 1. The molecular weight excluding hydrogens is 256 g/mol. The van der Waals surface area contributed by atoms with Gasteiger partial charge in [0.2, 0.25) is 0 Å². The number of carbonyl (C=O) groups excluding carboxylic acids is 1. The summed E-state index contributed by atoms with van der Waals surface area (Å²) < 4.78 is 4.84. The predicted octanol–water partition coefficient (Wildman–Crippen LogP) is 0.0761. The minimum atomic E-state index is -0.712. The lowest BCUT2D eigenvalue weighted by atomic mass is 10.1. The highest BCUT2D eigenvalue weighted by Gasteiger charge is 2.17. The van der Waals surface area contributed by atoms with Gasteiger partial charge in [0, 0.05) is 26.3 Å². The van der Waals surface area contributed by atoms with Crippen LogP contribution < -0.4 is 5.73 Å². The van der Waals surface area contributed by atoms with Gasteiger partial charge in [-0.2, -0.15) is 0 Å². The van der Waals surface area contributed by atoms with Gasteiger partial charge in [-0.25, -0.2) is 0 Å². The monoisotopic (exact) mass is 276 g/mol. The van der Waals surface area contributed by atoms with E-state index in [9.17, 15) is 9.90 Å². The van der Waals surface area contributed by atoms with Gasteiger partial charge in [0.1, 0.15) is 0 Å². The lowest BCUT2D eigenvalue weighted by Crippen LogP contribution is -2.36. The lowest BCUT2D eigenvalue weighted by Gasteiger charge is -2.21. The zero-order valence-electron chi connectivity index (χ0n) is 11.8. The maximum atomic E-state index is 12.3. The molecule has 5 heteroatoms. The molecule has 0 heterocycles. The van der Waals surface area contributed by atoms with E-state index in [0.29, 0.717) is 11.1 Å². The highest BCUT2D eigenvalue weighted by molar-refractivity contribution is 5.96. The van der Waals surface area contributed by atoms with Gasteiger partial charge in [-0.05, 0) is 12.1 Å². The molecule has 0 radical (unpaired) electrons. The fourth-order valence-corrected chi connectivity index (χ4v) is 1.77. The summed E-state index contributed by atoms with van der Waals surface area (Å²) in [4.78, 5) is 13.8. The Morgan fingerprint density at radius 1 is 1.50 bits per heavy atom. The molecule has 108 valence electrons. The molecule has 0 aliphatic carbocycles. The van der Waals surface area contributed by atoms with Crippen molar-refractivity contribution in [3.05, 3.63) is 35.4 Å². The van der Waals surface area contributed by atoms with Crippen LogP contribution in [-0.2, 0) is 4.74 Å². The van der Waals surface area contributed by atoms with Crippen LogP contribution in [0, 0.1) is 11.8 Å². The zero-order chi connectivity index (χ0) is 15.0. The first kappa shape index (κ1) is 16.2. The van der Waals surface area contributed by atoms with Crippen molar-refractivity contribution in [3.8, 4) is 11.8 Å². The summed E-state index contributed by atoms with van der Waals surface area (Å²) >= 11 is 0. The van der Waals surface area contributed by atoms with E-state index in [1.807, 2.05) is 6.07 Å². The fraction of sp³-hybridized carbons (Fsp3) is 0.400. The number of carbonyl (C=O) groups is 1. The Kier molecular flexibility index (Phi) is 6.74. The molecule has 0 aliphatic heterocycles. The molecule has 1 aromatic carbocycles. The number of aliphatic hydroxyl groups is 1. The van der Waals surface area contributed by atoms with E-state index in [-0.39, 0.29) is 25.6 Å². The number of aliphatic hydroxyl groups excluding tert-OH is 1. The molecule has 5 nitrogen and oxygen atoms in total. The fourth-order valence-electron chi connectivity index (χ4n) is 1.77. The first-order valence-electron chi connectivity index (χ1n) is 6.30. The average molecular weight is 276 g/mol. The maximum absolute atomic E-state index is 12.3. The summed E-state index contributed by atoms with van der Waals surface area (Å²) in [5, 5.41) is 9.66. The Labute approximate surface area is 119 Å². The van der Waals surface area contributed by atoms with Crippen LogP contribution in [0.4, 0.5) is 0 Å². The number of nitrogens with two attached hydrogens (primary N) is 1. The van der Waals surface area contributed by atoms with Crippen molar-refractivity contribution in [2.24, 2.45) is 5.73 Å². The smallest absolute Gasteiger partial charge is 0.254 e. The molecule has 1 amide bonds. The van der Waals surface area contributed by atoms with Crippen molar-refractivity contribution in [2.75, 3.05) is 33.9 Å². The molecule has 0 saturated carbocycles. The molecular formula is C15H20N2O3. The van der Waals surface area contributed by atoms with Crippen molar-refractivity contribution >= 4 is 5.91 Å².